The molecule has 2 aromatic carbocycles. The van der Waals surface area contributed by atoms with Crippen molar-refractivity contribution in [3.63, 3.8) is 0 Å². The quantitative estimate of drug-likeness (QED) is 0.507. The number of anilines is 1. The predicted octanol–water partition coefficient (Wildman–Crippen LogP) is 4.13. The van der Waals surface area contributed by atoms with E-state index < -0.39 is 23.5 Å². The zero-order chi connectivity index (χ0) is 22.5. The van der Waals surface area contributed by atoms with Gasteiger partial charge in [0.1, 0.15) is 5.75 Å². The largest absolute Gasteiger partial charge is 0.502 e. The second-order valence-corrected chi connectivity index (χ2v) is 7.58. The number of imide groups is 1. The summed E-state index contributed by atoms with van der Waals surface area (Å²) in [6, 6.07) is 12.5. The van der Waals surface area contributed by atoms with Gasteiger partial charge in [-0.2, -0.15) is 0 Å². The van der Waals surface area contributed by atoms with Crippen molar-refractivity contribution in [3.05, 3.63) is 65.4 Å². The van der Waals surface area contributed by atoms with E-state index in [1.807, 2.05) is 20.8 Å². The summed E-state index contributed by atoms with van der Waals surface area (Å²) in [4.78, 5) is 38.4. The fourth-order valence-corrected chi connectivity index (χ4v) is 3.02. The van der Waals surface area contributed by atoms with Gasteiger partial charge >= 0.3 is 11.9 Å². The lowest BCUT2D eigenvalue weighted by Gasteiger charge is -2.15. The fourth-order valence-electron chi connectivity index (χ4n) is 3.02. The Kier molecular flexibility index (Phi) is 6.74. The molecule has 0 aromatic heterocycles. The van der Waals surface area contributed by atoms with Crippen molar-refractivity contribution in [2.75, 3.05) is 18.1 Å². The number of nitrogens with zero attached hydrogens (tertiary/aromatic N) is 1. The lowest BCUT2D eigenvalue weighted by molar-refractivity contribution is -0.121. The summed E-state index contributed by atoms with van der Waals surface area (Å²) in [6.07, 6.45) is 0.707. The highest BCUT2D eigenvalue weighted by molar-refractivity contribution is 6.44. The first-order chi connectivity index (χ1) is 14.8. The van der Waals surface area contributed by atoms with Crippen molar-refractivity contribution in [1.29, 1.82) is 0 Å². The monoisotopic (exact) mass is 423 g/mol. The molecule has 2 aromatic rings. The highest BCUT2D eigenvalue weighted by atomic mass is 16.5. The average molecular weight is 423 g/mol. The number of rotatable bonds is 8. The van der Waals surface area contributed by atoms with Crippen LogP contribution in [-0.4, -0.2) is 36.1 Å². The van der Waals surface area contributed by atoms with Crippen LogP contribution in [-0.2, 0) is 14.3 Å². The Labute approximate surface area is 180 Å². The van der Waals surface area contributed by atoms with E-state index in [9.17, 15) is 19.5 Å². The molecule has 3 rings (SSSR count). The molecule has 1 aliphatic rings. The van der Waals surface area contributed by atoms with E-state index in [2.05, 4.69) is 0 Å². The van der Waals surface area contributed by atoms with Crippen LogP contribution in [0.15, 0.2) is 54.3 Å². The van der Waals surface area contributed by atoms with E-state index in [0.29, 0.717) is 42.4 Å². The van der Waals surface area contributed by atoms with Gasteiger partial charge in [0.15, 0.2) is 5.76 Å². The summed E-state index contributed by atoms with van der Waals surface area (Å²) in [5.74, 6) is -1.55. The maximum Gasteiger partial charge on any atom is 0.338 e. The molecule has 7 nitrogen and oxygen atoms in total. The first-order valence-electron chi connectivity index (χ1n) is 10.2. The number of ether oxygens (including phenoxy) is 2. The summed E-state index contributed by atoms with van der Waals surface area (Å²) in [6.45, 7) is 6.83. The maximum atomic E-state index is 13.0. The predicted molar refractivity (Wildman–Crippen MR) is 116 cm³/mol. The molecule has 31 heavy (non-hydrogen) atoms. The van der Waals surface area contributed by atoms with Crippen molar-refractivity contribution >= 4 is 29.0 Å². The van der Waals surface area contributed by atoms with Crippen LogP contribution in [0.2, 0.25) is 0 Å². The van der Waals surface area contributed by atoms with Crippen LogP contribution in [0.25, 0.3) is 5.57 Å². The molecule has 0 spiro atoms. The van der Waals surface area contributed by atoms with Crippen LogP contribution in [0, 0.1) is 5.92 Å². The van der Waals surface area contributed by atoms with Gasteiger partial charge in [-0.05, 0) is 54.3 Å². The van der Waals surface area contributed by atoms with Crippen molar-refractivity contribution in [2.45, 2.75) is 27.2 Å². The molecule has 0 saturated carbocycles. The van der Waals surface area contributed by atoms with E-state index in [-0.39, 0.29) is 11.3 Å². The number of hydrogen-bond donors (Lipinski definition) is 1. The number of carbonyl (C=O) groups excluding carboxylic acids is 3. The smallest absolute Gasteiger partial charge is 0.338 e. The first-order valence-corrected chi connectivity index (χ1v) is 10.2. The van der Waals surface area contributed by atoms with E-state index in [0.717, 1.165) is 4.90 Å². The zero-order valence-corrected chi connectivity index (χ0v) is 17.8. The van der Waals surface area contributed by atoms with Crippen molar-refractivity contribution in [3.8, 4) is 5.75 Å². The Morgan fingerprint density at radius 1 is 1.00 bits per heavy atom. The van der Waals surface area contributed by atoms with E-state index in [4.69, 9.17) is 9.47 Å². The van der Waals surface area contributed by atoms with Crippen LogP contribution in [0.3, 0.4) is 0 Å². The fraction of sp³-hybridized carbons (Fsp3) is 0.292. The molecule has 0 radical (unpaired) electrons. The average Bonchev–Trinajstić information content (AvgIpc) is 2.99. The summed E-state index contributed by atoms with van der Waals surface area (Å²) < 4.78 is 10.7. The first kappa shape index (κ1) is 22.1. The zero-order valence-electron chi connectivity index (χ0n) is 17.8. The van der Waals surface area contributed by atoms with Crippen molar-refractivity contribution in [2.24, 2.45) is 5.92 Å². The second kappa shape index (κ2) is 9.47. The normalized spacial score (nSPS) is 13.9. The lowest BCUT2D eigenvalue weighted by Crippen LogP contribution is -2.31. The Hall–Kier alpha value is -3.61. The highest BCUT2D eigenvalue weighted by Gasteiger charge is 2.40. The molecule has 0 unspecified atom stereocenters. The topological polar surface area (TPSA) is 93.1 Å². The number of hydrogen-bond acceptors (Lipinski definition) is 6. The van der Waals surface area contributed by atoms with E-state index in [1.54, 1.807) is 24.3 Å². The summed E-state index contributed by atoms with van der Waals surface area (Å²) >= 11 is 0. The molecule has 0 aliphatic carbocycles. The number of aliphatic hydroxyl groups is 1. The number of aliphatic hydroxyl groups excluding tert-OH is 1. The van der Waals surface area contributed by atoms with Crippen molar-refractivity contribution in [1.82, 2.24) is 0 Å². The van der Waals surface area contributed by atoms with Gasteiger partial charge in [-0.1, -0.05) is 32.9 Å². The van der Waals surface area contributed by atoms with Gasteiger partial charge in [0.25, 0.3) is 5.91 Å². The molecule has 0 atom stereocenters. The molecule has 0 fully saturated rings. The Bertz CT molecular complexity index is 1010. The second-order valence-electron chi connectivity index (χ2n) is 7.58. The van der Waals surface area contributed by atoms with E-state index in [1.165, 1.54) is 24.3 Å². The standard InChI is InChI=1S/C24H25NO6/c1-4-13-30-24(29)17-5-9-18(10-6-17)25-22(27)20(21(26)23(25)28)16-7-11-19(12-8-16)31-14-15(2)3/h5-12,15,26H,4,13-14H2,1-3H3. The van der Waals surface area contributed by atoms with Gasteiger partial charge in [0, 0.05) is 0 Å². The number of benzene rings is 2. The third-order valence-electron chi connectivity index (χ3n) is 4.58. The number of amides is 2. The van der Waals surface area contributed by atoms with Crippen LogP contribution in [0.4, 0.5) is 5.69 Å². The maximum absolute atomic E-state index is 13.0. The van der Waals surface area contributed by atoms with Gasteiger partial charge in [-0.25, -0.2) is 9.69 Å². The minimum absolute atomic E-state index is 0.0770. The Balaban J connectivity index is 1.79. The van der Waals surface area contributed by atoms with Crippen molar-refractivity contribution < 1.29 is 29.0 Å². The SMILES string of the molecule is CCCOC(=O)c1ccc(N2C(=O)C(O)=C(c3ccc(OCC(C)C)cc3)C2=O)cc1. The molecular weight excluding hydrogens is 398 g/mol. The molecule has 1 aliphatic heterocycles. The summed E-state index contributed by atoms with van der Waals surface area (Å²) in [5.41, 5.74) is 0.896. The van der Waals surface area contributed by atoms with Gasteiger partial charge in [0.2, 0.25) is 0 Å². The molecule has 2 amide bonds. The molecule has 0 saturated heterocycles. The molecule has 162 valence electrons. The van der Waals surface area contributed by atoms with Crippen LogP contribution >= 0.6 is 0 Å². The Morgan fingerprint density at radius 2 is 1.65 bits per heavy atom. The minimum atomic E-state index is -0.818. The summed E-state index contributed by atoms with van der Waals surface area (Å²) in [7, 11) is 0. The van der Waals surface area contributed by atoms with E-state index >= 15 is 0 Å². The summed E-state index contributed by atoms with van der Waals surface area (Å²) in [5, 5.41) is 10.4. The molecule has 7 heteroatoms. The molecule has 1 N–H and O–H groups in total. The third-order valence-corrected chi connectivity index (χ3v) is 4.58. The van der Waals surface area contributed by atoms with Gasteiger partial charge in [-0.3, -0.25) is 9.59 Å². The van der Waals surface area contributed by atoms with Gasteiger partial charge < -0.3 is 14.6 Å². The third kappa shape index (κ3) is 4.77. The van der Waals surface area contributed by atoms with Gasteiger partial charge in [-0.15, -0.1) is 0 Å². The van der Waals surface area contributed by atoms with Crippen LogP contribution < -0.4 is 9.64 Å². The molecule has 1 heterocycles. The molecule has 0 bridgehead atoms. The van der Waals surface area contributed by atoms with Gasteiger partial charge in [0.05, 0.1) is 30.0 Å². The van der Waals surface area contributed by atoms with Crippen LogP contribution in [0.1, 0.15) is 43.1 Å². The molecular formula is C24H25NO6. The number of carbonyl (C=O) groups is 3. The Morgan fingerprint density at radius 3 is 2.23 bits per heavy atom. The number of esters is 1. The minimum Gasteiger partial charge on any atom is -0.502 e. The van der Waals surface area contributed by atoms with Crippen LogP contribution in [0.5, 0.6) is 5.75 Å². The highest BCUT2D eigenvalue weighted by Crippen LogP contribution is 2.32. The lowest BCUT2D eigenvalue weighted by atomic mass is 10.1.